The van der Waals surface area contributed by atoms with Crippen molar-refractivity contribution in [3.8, 4) is 0 Å². The average Bonchev–Trinajstić information content (AvgIpc) is 2.62. The summed E-state index contributed by atoms with van der Waals surface area (Å²) in [5.74, 6) is -0.776. The third kappa shape index (κ3) is 9.62. The molecular weight excluding hydrogens is 306 g/mol. The lowest BCUT2D eigenvalue weighted by Crippen LogP contribution is -2.44. The molecule has 0 aromatic carbocycles. The summed E-state index contributed by atoms with van der Waals surface area (Å²) in [6, 6.07) is 0. The van der Waals surface area contributed by atoms with Gasteiger partial charge in [0.15, 0.2) is 0 Å². The highest BCUT2D eigenvalue weighted by Gasteiger charge is 2.39. The molecule has 0 rings (SSSR count). The highest BCUT2D eigenvalue weighted by atomic mass is 16.9. The molecule has 1 atom stereocenters. The molecule has 0 saturated heterocycles. The Kier molecular flexibility index (Phi) is 15.5. The molecule has 0 spiro atoms. The van der Waals surface area contributed by atoms with Gasteiger partial charge in [0.2, 0.25) is 0 Å². The maximum absolute atomic E-state index is 5.57. The van der Waals surface area contributed by atoms with Gasteiger partial charge in [0.05, 0.1) is 12.9 Å². The summed E-state index contributed by atoms with van der Waals surface area (Å²) in [5.41, 5.74) is 5.38. The van der Waals surface area contributed by atoms with Crippen molar-refractivity contribution >= 4 is 0 Å². The first-order valence-electron chi connectivity index (χ1n) is 9.32. The van der Waals surface area contributed by atoms with E-state index in [-0.39, 0.29) is 5.92 Å². The zero-order valence-corrected chi connectivity index (χ0v) is 16.2. The molecule has 0 saturated carbocycles. The Morgan fingerprint density at radius 1 is 0.875 bits per heavy atom. The van der Waals surface area contributed by atoms with Crippen LogP contribution in [0, 0.1) is 5.92 Å². The van der Waals surface area contributed by atoms with Crippen LogP contribution in [0.4, 0.5) is 0 Å². The van der Waals surface area contributed by atoms with Gasteiger partial charge in [-0.3, -0.25) is 0 Å². The minimum absolute atomic E-state index is 0.186. The molecule has 0 aromatic heterocycles. The Labute approximate surface area is 148 Å². The second kappa shape index (κ2) is 15.9. The van der Waals surface area contributed by atoms with E-state index in [2.05, 4.69) is 6.92 Å². The zero-order valence-electron chi connectivity index (χ0n) is 16.2. The van der Waals surface area contributed by atoms with Crippen LogP contribution >= 0.6 is 0 Å². The van der Waals surface area contributed by atoms with Crippen molar-refractivity contribution in [1.82, 2.24) is 0 Å². The minimum atomic E-state index is -0.962. The molecule has 2 N–H and O–H groups in total. The van der Waals surface area contributed by atoms with Crippen LogP contribution in [0.5, 0.6) is 0 Å². The highest BCUT2D eigenvalue weighted by molar-refractivity contribution is 4.74. The Hall–Kier alpha value is -0.620. The smallest absolute Gasteiger partial charge is 0.285 e. The monoisotopic (exact) mass is 345 g/mol. The van der Waals surface area contributed by atoms with Crippen LogP contribution in [0.1, 0.15) is 64.7 Å². The van der Waals surface area contributed by atoms with Gasteiger partial charge in [0, 0.05) is 33.8 Å². The van der Waals surface area contributed by atoms with Gasteiger partial charge >= 0.3 is 0 Å². The fourth-order valence-corrected chi connectivity index (χ4v) is 3.02. The molecule has 144 valence electrons. The summed E-state index contributed by atoms with van der Waals surface area (Å²) in [7, 11) is 4.92. The van der Waals surface area contributed by atoms with E-state index in [0.717, 1.165) is 19.3 Å². The average molecular weight is 346 g/mol. The third-order valence-electron chi connectivity index (χ3n) is 4.40. The van der Waals surface area contributed by atoms with Crippen molar-refractivity contribution in [2.24, 2.45) is 11.7 Å². The predicted molar refractivity (Wildman–Crippen MR) is 98.6 cm³/mol. The number of nitrogens with two attached hydrogens (primary N) is 1. The van der Waals surface area contributed by atoms with E-state index in [9.17, 15) is 0 Å². The fourth-order valence-electron chi connectivity index (χ4n) is 3.02. The van der Waals surface area contributed by atoms with E-state index >= 15 is 0 Å². The number of hydrogen-bond donors (Lipinski definition) is 1. The predicted octanol–water partition coefficient (Wildman–Crippen LogP) is 4.22. The standard InChI is InChI=1S/C19H39NO4/c1-5-6-7-8-9-10-13-18(19(21-2,22-3)23-4)14-11-16-24-17-12-15-20/h12,17-18H,5-11,13-16,20H2,1-4H3. The second-order valence-corrected chi connectivity index (χ2v) is 6.09. The molecule has 0 aliphatic carbocycles. The molecule has 0 aromatic rings. The van der Waals surface area contributed by atoms with E-state index in [4.69, 9.17) is 24.7 Å². The van der Waals surface area contributed by atoms with Crippen LogP contribution in [0.15, 0.2) is 12.3 Å². The van der Waals surface area contributed by atoms with Crippen LogP contribution in [-0.4, -0.2) is 40.5 Å². The van der Waals surface area contributed by atoms with Crippen molar-refractivity contribution in [2.45, 2.75) is 70.7 Å². The van der Waals surface area contributed by atoms with E-state index in [1.54, 1.807) is 33.7 Å². The van der Waals surface area contributed by atoms with E-state index in [1.165, 1.54) is 38.5 Å². The summed E-state index contributed by atoms with van der Waals surface area (Å²) in [5, 5.41) is 0. The van der Waals surface area contributed by atoms with Crippen LogP contribution in [0.3, 0.4) is 0 Å². The van der Waals surface area contributed by atoms with Crippen LogP contribution in [-0.2, 0) is 18.9 Å². The van der Waals surface area contributed by atoms with Crippen LogP contribution in [0.2, 0.25) is 0 Å². The van der Waals surface area contributed by atoms with Crippen molar-refractivity contribution in [3.05, 3.63) is 12.3 Å². The topological polar surface area (TPSA) is 62.9 Å². The van der Waals surface area contributed by atoms with Crippen molar-refractivity contribution in [1.29, 1.82) is 0 Å². The van der Waals surface area contributed by atoms with E-state index in [0.29, 0.717) is 13.2 Å². The van der Waals surface area contributed by atoms with Crippen LogP contribution in [0.25, 0.3) is 0 Å². The van der Waals surface area contributed by atoms with Gasteiger partial charge in [0.1, 0.15) is 0 Å². The lowest BCUT2D eigenvalue weighted by atomic mass is 9.93. The van der Waals surface area contributed by atoms with E-state index in [1.807, 2.05) is 0 Å². The van der Waals surface area contributed by atoms with Gasteiger partial charge in [-0.25, -0.2) is 0 Å². The number of ether oxygens (including phenoxy) is 4. The number of methoxy groups -OCH3 is 3. The van der Waals surface area contributed by atoms with Gasteiger partial charge < -0.3 is 24.7 Å². The first-order chi connectivity index (χ1) is 11.7. The Morgan fingerprint density at radius 2 is 1.46 bits per heavy atom. The summed E-state index contributed by atoms with van der Waals surface area (Å²) in [4.78, 5) is 0. The maximum atomic E-state index is 5.57. The molecule has 0 radical (unpaired) electrons. The molecule has 0 amide bonds. The Morgan fingerprint density at radius 3 is 2.04 bits per heavy atom. The number of unbranched alkanes of at least 4 members (excludes halogenated alkanes) is 5. The van der Waals surface area contributed by atoms with Gasteiger partial charge in [-0.15, -0.1) is 0 Å². The number of hydrogen-bond acceptors (Lipinski definition) is 5. The molecule has 0 bridgehead atoms. The molecular formula is C19H39NO4. The summed E-state index contributed by atoms with van der Waals surface area (Å²) in [6.07, 6.45) is 14.0. The quantitative estimate of drug-likeness (QED) is 0.243. The Balaban J connectivity index is 4.35. The van der Waals surface area contributed by atoms with Crippen molar-refractivity contribution in [2.75, 3.05) is 34.5 Å². The maximum Gasteiger partial charge on any atom is 0.285 e. The van der Waals surface area contributed by atoms with Crippen molar-refractivity contribution in [3.63, 3.8) is 0 Å². The summed E-state index contributed by atoms with van der Waals surface area (Å²) in [6.45, 7) is 3.41. The third-order valence-corrected chi connectivity index (χ3v) is 4.40. The molecule has 5 nitrogen and oxygen atoms in total. The lowest BCUT2D eigenvalue weighted by molar-refractivity contribution is -0.380. The molecule has 0 heterocycles. The second-order valence-electron chi connectivity index (χ2n) is 6.09. The fraction of sp³-hybridized carbons (Fsp3) is 0.895. The highest BCUT2D eigenvalue weighted by Crippen LogP contribution is 2.32. The SMILES string of the molecule is CCCCCCCCC(CCCOC=CCN)C(OC)(OC)OC. The van der Waals surface area contributed by atoms with E-state index < -0.39 is 5.97 Å². The molecule has 5 heteroatoms. The van der Waals surface area contributed by atoms with Gasteiger partial charge in [0.25, 0.3) is 5.97 Å². The minimum Gasteiger partial charge on any atom is -0.501 e. The van der Waals surface area contributed by atoms with Gasteiger partial charge in [-0.2, -0.15) is 0 Å². The number of rotatable bonds is 17. The normalized spacial score (nSPS) is 13.5. The first kappa shape index (κ1) is 23.4. The Bertz CT molecular complexity index is 285. The zero-order chi connectivity index (χ0) is 18.1. The molecule has 0 aliphatic heterocycles. The first-order valence-corrected chi connectivity index (χ1v) is 9.32. The van der Waals surface area contributed by atoms with Crippen LogP contribution < -0.4 is 5.73 Å². The van der Waals surface area contributed by atoms with Gasteiger partial charge in [-0.05, 0) is 25.3 Å². The van der Waals surface area contributed by atoms with Crippen molar-refractivity contribution < 1.29 is 18.9 Å². The largest absolute Gasteiger partial charge is 0.501 e. The van der Waals surface area contributed by atoms with Gasteiger partial charge in [-0.1, -0.05) is 45.4 Å². The molecule has 0 aliphatic rings. The summed E-state index contributed by atoms with van der Waals surface area (Å²) >= 11 is 0. The summed E-state index contributed by atoms with van der Waals surface area (Å²) < 4.78 is 22.1. The molecule has 0 fully saturated rings. The lowest BCUT2D eigenvalue weighted by Gasteiger charge is -2.36. The molecule has 1 unspecified atom stereocenters. The molecule has 24 heavy (non-hydrogen) atoms.